The minimum absolute atomic E-state index is 0.174. The summed E-state index contributed by atoms with van der Waals surface area (Å²) >= 11 is 0. The van der Waals surface area contributed by atoms with Gasteiger partial charge in [0, 0.05) is 18.8 Å². The second-order valence-electron chi connectivity index (χ2n) is 6.14. The average Bonchev–Trinajstić information content (AvgIpc) is 2.31. The van der Waals surface area contributed by atoms with Crippen molar-refractivity contribution in [2.75, 3.05) is 18.8 Å². The SMILES string of the molecule is Cc1cc(N)cc(S(=O)(=O)N2CC(C)OC(C)(C)C2)c1F. The number of aryl methyl sites for hydroxylation is 1. The third kappa shape index (κ3) is 3.20. The fraction of sp³-hybridized carbons (Fsp3) is 0.571. The zero-order valence-corrected chi connectivity index (χ0v) is 13.5. The van der Waals surface area contributed by atoms with Crippen LogP contribution in [0.5, 0.6) is 0 Å². The van der Waals surface area contributed by atoms with Gasteiger partial charge in [-0.25, -0.2) is 12.8 Å². The van der Waals surface area contributed by atoms with Gasteiger partial charge in [-0.2, -0.15) is 4.31 Å². The Kier molecular flexibility index (Phi) is 4.03. The molecular formula is C14H21FN2O3S. The van der Waals surface area contributed by atoms with Crippen LogP contribution < -0.4 is 5.73 Å². The Hall–Kier alpha value is -1.18. The molecule has 118 valence electrons. The van der Waals surface area contributed by atoms with Crippen LogP contribution in [0.15, 0.2) is 17.0 Å². The molecule has 1 heterocycles. The molecule has 5 nitrogen and oxygen atoms in total. The molecule has 0 saturated carbocycles. The maximum absolute atomic E-state index is 14.2. The Bertz CT molecular complexity index is 658. The van der Waals surface area contributed by atoms with E-state index in [1.54, 1.807) is 6.92 Å². The number of rotatable bonds is 2. The van der Waals surface area contributed by atoms with Crippen LogP contribution in [0.3, 0.4) is 0 Å². The van der Waals surface area contributed by atoms with Gasteiger partial charge < -0.3 is 10.5 Å². The lowest BCUT2D eigenvalue weighted by molar-refractivity contribution is -0.109. The normalized spacial score (nSPS) is 23.2. The number of hydrogen-bond acceptors (Lipinski definition) is 4. The molecule has 0 amide bonds. The topological polar surface area (TPSA) is 72.6 Å². The Labute approximate surface area is 124 Å². The number of hydrogen-bond donors (Lipinski definition) is 1. The van der Waals surface area contributed by atoms with Crippen molar-refractivity contribution in [1.82, 2.24) is 4.31 Å². The lowest BCUT2D eigenvalue weighted by Crippen LogP contribution is -2.53. The summed E-state index contributed by atoms with van der Waals surface area (Å²) in [5, 5.41) is 0. The van der Waals surface area contributed by atoms with Gasteiger partial charge in [-0.15, -0.1) is 0 Å². The lowest BCUT2D eigenvalue weighted by atomic mass is 10.1. The van der Waals surface area contributed by atoms with E-state index in [4.69, 9.17) is 10.5 Å². The fourth-order valence-electron chi connectivity index (χ4n) is 2.67. The van der Waals surface area contributed by atoms with Gasteiger partial charge in [0.1, 0.15) is 10.7 Å². The van der Waals surface area contributed by atoms with Crippen molar-refractivity contribution in [3.05, 3.63) is 23.5 Å². The van der Waals surface area contributed by atoms with Gasteiger partial charge in [-0.1, -0.05) is 0 Å². The summed E-state index contributed by atoms with van der Waals surface area (Å²) in [4.78, 5) is -0.370. The average molecular weight is 316 g/mol. The van der Waals surface area contributed by atoms with Gasteiger partial charge in [0.15, 0.2) is 0 Å². The van der Waals surface area contributed by atoms with E-state index in [1.807, 2.05) is 13.8 Å². The zero-order valence-electron chi connectivity index (χ0n) is 12.7. The highest BCUT2D eigenvalue weighted by Crippen LogP contribution is 2.29. The first-order chi connectivity index (χ1) is 9.53. The molecule has 1 aliphatic rings. The van der Waals surface area contributed by atoms with Crippen LogP contribution in [0.1, 0.15) is 26.3 Å². The standard InChI is InChI=1S/C14H21FN2O3S/c1-9-5-11(16)6-12(13(9)15)21(18,19)17-7-10(2)20-14(3,4)8-17/h5-6,10H,7-8,16H2,1-4H3. The molecule has 0 aromatic heterocycles. The molecule has 2 N–H and O–H groups in total. The van der Waals surface area contributed by atoms with Gasteiger partial charge in [-0.05, 0) is 45.4 Å². The largest absolute Gasteiger partial charge is 0.399 e. The van der Waals surface area contributed by atoms with E-state index in [9.17, 15) is 12.8 Å². The van der Waals surface area contributed by atoms with E-state index in [0.29, 0.717) is 0 Å². The monoisotopic (exact) mass is 316 g/mol. The number of ether oxygens (including phenoxy) is 1. The molecule has 1 aromatic rings. The highest BCUT2D eigenvalue weighted by atomic mass is 32.2. The van der Waals surface area contributed by atoms with Crippen LogP contribution in [-0.4, -0.2) is 37.5 Å². The van der Waals surface area contributed by atoms with Crippen LogP contribution >= 0.6 is 0 Å². The van der Waals surface area contributed by atoms with Gasteiger partial charge in [0.2, 0.25) is 10.0 Å². The molecule has 1 saturated heterocycles. The van der Waals surface area contributed by atoms with E-state index >= 15 is 0 Å². The second kappa shape index (κ2) is 5.23. The van der Waals surface area contributed by atoms with Gasteiger partial charge >= 0.3 is 0 Å². The Morgan fingerprint density at radius 1 is 1.43 bits per heavy atom. The van der Waals surface area contributed by atoms with E-state index in [2.05, 4.69) is 0 Å². The molecule has 7 heteroatoms. The summed E-state index contributed by atoms with van der Waals surface area (Å²) in [5.74, 6) is -0.749. The first-order valence-electron chi connectivity index (χ1n) is 6.76. The molecule has 2 rings (SSSR count). The van der Waals surface area contributed by atoms with Crippen molar-refractivity contribution < 1.29 is 17.5 Å². The molecule has 1 aromatic carbocycles. The first-order valence-corrected chi connectivity index (χ1v) is 8.20. The number of benzene rings is 1. The molecule has 0 spiro atoms. The summed E-state index contributed by atoms with van der Waals surface area (Å²) < 4.78 is 46.6. The van der Waals surface area contributed by atoms with Crippen molar-refractivity contribution in [2.45, 2.75) is 44.3 Å². The number of halogens is 1. The Morgan fingerprint density at radius 2 is 2.05 bits per heavy atom. The molecule has 0 bridgehead atoms. The predicted octanol–water partition coefficient (Wildman–Crippen LogP) is 1.90. The zero-order chi connectivity index (χ0) is 16.0. The third-order valence-electron chi connectivity index (χ3n) is 3.40. The van der Waals surface area contributed by atoms with Crippen LogP contribution in [0.2, 0.25) is 0 Å². The number of nitrogens with zero attached hydrogens (tertiary/aromatic N) is 1. The van der Waals surface area contributed by atoms with E-state index < -0.39 is 21.4 Å². The van der Waals surface area contributed by atoms with Crippen molar-refractivity contribution in [2.24, 2.45) is 0 Å². The van der Waals surface area contributed by atoms with Gasteiger partial charge in [0.25, 0.3) is 0 Å². The number of sulfonamides is 1. The van der Waals surface area contributed by atoms with Crippen molar-refractivity contribution in [1.29, 1.82) is 0 Å². The van der Waals surface area contributed by atoms with Crippen molar-refractivity contribution >= 4 is 15.7 Å². The summed E-state index contributed by atoms with van der Waals surface area (Å²) in [6.45, 7) is 7.28. The van der Waals surface area contributed by atoms with E-state index in [1.165, 1.54) is 23.4 Å². The molecule has 1 aliphatic heterocycles. The number of morpholine rings is 1. The molecule has 1 atom stereocenters. The van der Waals surface area contributed by atoms with E-state index in [0.717, 1.165) is 0 Å². The number of nitrogens with two attached hydrogens (primary N) is 1. The maximum atomic E-state index is 14.2. The van der Waals surface area contributed by atoms with E-state index in [-0.39, 0.29) is 35.3 Å². The third-order valence-corrected chi connectivity index (χ3v) is 5.21. The number of nitrogen functional groups attached to an aromatic ring is 1. The fourth-order valence-corrected chi connectivity index (χ4v) is 4.51. The first kappa shape index (κ1) is 16.2. The van der Waals surface area contributed by atoms with Gasteiger partial charge in [-0.3, -0.25) is 0 Å². The highest BCUT2D eigenvalue weighted by Gasteiger charge is 2.39. The summed E-state index contributed by atoms with van der Waals surface area (Å²) in [7, 11) is -3.94. The van der Waals surface area contributed by atoms with Crippen LogP contribution in [0, 0.1) is 12.7 Å². The molecule has 1 unspecified atom stereocenters. The molecule has 0 radical (unpaired) electrons. The minimum atomic E-state index is -3.94. The summed E-state index contributed by atoms with van der Waals surface area (Å²) in [6.07, 6.45) is -0.256. The van der Waals surface area contributed by atoms with Crippen molar-refractivity contribution in [3.63, 3.8) is 0 Å². The van der Waals surface area contributed by atoms with Crippen LogP contribution in [0.25, 0.3) is 0 Å². The van der Waals surface area contributed by atoms with Crippen molar-refractivity contribution in [3.8, 4) is 0 Å². The quantitative estimate of drug-likeness (QED) is 0.846. The number of anilines is 1. The molecule has 0 aliphatic carbocycles. The van der Waals surface area contributed by atoms with Crippen LogP contribution in [-0.2, 0) is 14.8 Å². The Balaban J connectivity index is 2.48. The minimum Gasteiger partial charge on any atom is -0.399 e. The summed E-state index contributed by atoms with van der Waals surface area (Å²) in [5.41, 5.74) is 5.49. The lowest BCUT2D eigenvalue weighted by Gasteiger charge is -2.40. The predicted molar refractivity (Wildman–Crippen MR) is 78.9 cm³/mol. The van der Waals surface area contributed by atoms with Gasteiger partial charge in [0.05, 0.1) is 11.7 Å². The molecule has 21 heavy (non-hydrogen) atoms. The highest BCUT2D eigenvalue weighted by molar-refractivity contribution is 7.89. The maximum Gasteiger partial charge on any atom is 0.246 e. The summed E-state index contributed by atoms with van der Waals surface area (Å²) in [6, 6.07) is 2.59. The second-order valence-corrected chi connectivity index (χ2v) is 8.04. The molecular weight excluding hydrogens is 295 g/mol. The Morgan fingerprint density at radius 3 is 2.62 bits per heavy atom. The smallest absolute Gasteiger partial charge is 0.246 e. The van der Waals surface area contributed by atoms with Crippen LogP contribution in [0.4, 0.5) is 10.1 Å². The molecule has 1 fully saturated rings.